The number of hydrogen-bond donors (Lipinski definition) is 2. The maximum absolute atomic E-state index is 11.9. The van der Waals surface area contributed by atoms with Crippen molar-refractivity contribution in [2.45, 2.75) is 149 Å². The number of rotatable bonds is 30. The van der Waals surface area contributed by atoms with E-state index in [0.717, 1.165) is 57.3 Å². The first-order chi connectivity index (χ1) is 22.4. The maximum atomic E-state index is 11.9. The molecule has 0 aromatic heterocycles. The Hall–Kier alpha value is -2.70. The van der Waals surface area contributed by atoms with Crippen molar-refractivity contribution >= 4 is 11.9 Å². The first-order valence-corrected chi connectivity index (χ1v) is 18.0. The van der Waals surface area contributed by atoms with Crippen LogP contribution in [0.25, 0.3) is 0 Å². The summed E-state index contributed by atoms with van der Waals surface area (Å²) in [6.07, 6.45) is 40.0. The Bertz CT molecular complexity index is 897. The van der Waals surface area contributed by atoms with Crippen LogP contribution in [0.4, 0.5) is 0 Å². The Morgan fingerprint density at radius 3 is 1.61 bits per heavy atom. The van der Waals surface area contributed by atoms with Gasteiger partial charge in [-0.1, -0.05) is 151 Å². The first kappa shape index (κ1) is 43.3. The normalized spacial score (nSPS) is 14.5. The van der Waals surface area contributed by atoms with E-state index in [-0.39, 0.29) is 32.0 Å². The van der Waals surface area contributed by atoms with Crippen LogP contribution < -0.4 is 0 Å². The van der Waals surface area contributed by atoms with Crippen LogP contribution in [-0.4, -0.2) is 47.6 Å². The van der Waals surface area contributed by atoms with Crippen molar-refractivity contribution in [2.75, 3.05) is 13.2 Å². The summed E-state index contributed by atoms with van der Waals surface area (Å²) in [5.41, 5.74) is 0. The highest BCUT2D eigenvalue weighted by molar-refractivity contribution is 5.69. The van der Waals surface area contributed by atoms with Gasteiger partial charge >= 0.3 is 11.9 Å². The van der Waals surface area contributed by atoms with Gasteiger partial charge in [0.2, 0.25) is 0 Å². The van der Waals surface area contributed by atoms with Gasteiger partial charge in [-0.25, -0.2) is 0 Å². The number of hydrogen-bond acceptors (Lipinski definition) is 6. The van der Waals surface area contributed by atoms with E-state index >= 15 is 0 Å². The highest BCUT2D eigenvalue weighted by atomic mass is 16.6. The van der Waals surface area contributed by atoms with Gasteiger partial charge in [0.05, 0.1) is 6.10 Å². The Balaban J connectivity index is 3.75. The fourth-order valence-corrected chi connectivity index (χ4v) is 4.46. The van der Waals surface area contributed by atoms with E-state index in [1.165, 1.54) is 44.9 Å². The summed E-state index contributed by atoms with van der Waals surface area (Å²) in [5, 5.41) is 20.0. The number of unbranched alkanes of at least 4 members (excludes halogenated alkanes) is 7. The van der Waals surface area contributed by atoms with Crippen LogP contribution in [0.2, 0.25) is 0 Å². The van der Waals surface area contributed by atoms with Gasteiger partial charge < -0.3 is 19.7 Å². The average Bonchev–Trinajstić information content (AvgIpc) is 3.05. The number of aliphatic hydroxyl groups excluding tert-OH is 2. The molecule has 0 rings (SSSR count). The van der Waals surface area contributed by atoms with E-state index in [4.69, 9.17) is 9.47 Å². The van der Waals surface area contributed by atoms with Crippen LogP contribution in [0.5, 0.6) is 0 Å². The Labute approximate surface area is 281 Å². The van der Waals surface area contributed by atoms with E-state index in [0.29, 0.717) is 6.42 Å². The first-order valence-electron chi connectivity index (χ1n) is 18.0. The minimum Gasteiger partial charge on any atom is -0.463 e. The molecular formula is C40H66O6. The average molecular weight is 643 g/mol. The molecule has 0 aromatic carbocycles. The van der Waals surface area contributed by atoms with Crippen LogP contribution >= 0.6 is 0 Å². The summed E-state index contributed by atoms with van der Waals surface area (Å²) in [7, 11) is 0. The lowest BCUT2D eigenvalue weighted by Crippen LogP contribution is -2.25. The van der Waals surface area contributed by atoms with Crippen LogP contribution in [0.1, 0.15) is 136 Å². The summed E-state index contributed by atoms with van der Waals surface area (Å²) in [4.78, 5) is 23.9. The molecule has 2 N–H and O–H groups in total. The van der Waals surface area contributed by atoms with E-state index in [1.807, 2.05) is 12.2 Å². The molecule has 0 spiro atoms. The molecule has 0 radical (unpaired) electrons. The number of aliphatic hydroxyl groups is 2. The summed E-state index contributed by atoms with van der Waals surface area (Å²) >= 11 is 0. The molecule has 0 heterocycles. The minimum atomic E-state index is -1.06. The van der Waals surface area contributed by atoms with Crippen LogP contribution in [0.3, 0.4) is 0 Å². The lowest BCUT2D eigenvalue weighted by Gasteiger charge is -2.12. The largest absolute Gasteiger partial charge is 0.463 e. The number of carbonyl (C=O) groups is 2. The van der Waals surface area contributed by atoms with Crippen molar-refractivity contribution in [3.8, 4) is 0 Å². The molecule has 262 valence electrons. The third-order valence-corrected chi connectivity index (χ3v) is 7.61. The van der Waals surface area contributed by atoms with Gasteiger partial charge in [0.25, 0.3) is 0 Å². The molecule has 0 fully saturated rings. The lowest BCUT2D eigenvalue weighted by molar-refractivity contribution is -0.152. The van der Waals surface area contributed by atoms with E-state index in [9.17, 15) is 19.8 Å². The van der Waals surface area contributed by atoms with Gasteiger partial charge in [-0.05, 0) is 50.9 Å². The van der Waals surface area contributed by atoms with Crippen LogP contribution in [-0.2, 0) is 19.1 Å². The summed E-state index contributed by atoms with van der Waals surface area (Å²) < 4.78 is 10.2. The number of ether oxygens (including phenoxy) is 2. The molecule has 3 atom stereocenters. The molecule has 0 aliphatic carbocycles. The molecular weight excluding hydrogens is 576 g/mol. The SMILES string of the molecule is CC/C=C\C/C=C\C/C=C\C/C=C\C/C=C\C=C/C(O)CCC(=O)OC[C@@H](O)COC(=O)CCCCCCCCCCC(C)CC. The minimum absolute atomic E-state index is 0.0295. The standard InChI is InChI=1S/C40H66O6/c1-4-6-7-8-9-10-11-12-13-14-15-16-17-21-24-27-30-37(41)32-33-40(44)46-35-38(42)34-45-39(43)31-28-25-22-19-18-20-23-26-29-36(3)5-2/h6-7,9-10,12-13,15-16,21,24,27,30,36-38,41-42H,4-5,8,11,14,17-20,22-23,25-26,28-29,31-35H2,1-3H3/b7-6-,10-9-,13-12-,16-15-,24-21-,30-27-/t36?,37?,38-/m0/s1. The van der Waals surface area contributed by atoms with Gasteiger partial charge in [0.15, 0.2) is 0 Å². The van der Waals surface area contributed by atoms with Gasteiger partial charge in [0, 0.05) is 12.8 Å². The fourth-order valence-electron chi connectivity index (χ4n) is 4.46. The van der Waals surface area contributed by atoms with Crippen molar-refractivity contribution in [1.29, 1.82) is 0 Å². The zero-order valence-electron chi connectivity index (χ0n) is 29.3. The molecule has 0 aliphatic heterocycles. The quantitative estimate of drug-likeness (QED) is 0.0351. The molecule has 0 aliphatic rings. The molecule has 0 amide bonds. The van der Waals surface area contributed by atoms with Crippen molar-refractivity contribution < 1.29 is 29.3 Å². The molecule has 0 bridgehead atoms. The Kier molecular flexibility index (Phi) is 31.7. The van der Waals surface area contributed by atoms with E-state index in [1.54, 1.807) is 12.2 Å². The molecule has 46 heavy (non-hydrogen) atoms. The van der Waals surface area contributed by atoms with E-state index in [2.05, 4.69) is 69.4 Å². The van der Waals surface area contributed by atoms with Crippen molar-refractivity contribution in [3.63, 3.8) is 0 Å². The predicted octanol–water partition coefficient (Wildman–Crippen LogP) is 9.83. The topological polar surface area (TPSA) is 93.1 Å². The zero-order valence-corrected chi connectivity index (χ0v) is 29.3. The van der Waals surface area contributed by atoms with Gasteiger partial charge in [0.1, 0.15) is 19.3 Å². The molecule has 2 unspecified atom stereocenters. The number of carbonyl (C=O) groups excluding carboxylic acids is 2. The van der Waals surface area contributed by atoms with Gasteiger partial charge in [-0.2, -0.15) is 0 Å². The highest BCUT2D eigenvalue weighted by Crippen LogP contribution is 2.15. The molecule has 6 heteroatoms. The van der Waals surface area contributed by atoms with Crippen LogP contribution in [0, 0.1) is 5.92 Å². The monoisotopic (exact) mass is 642 g/mol. The van der Waals surface area contributed by atoms with Crippen molar-refractivity contribution in [2.24, 2.45) is 5.92 Å². The Morgan fingerprint density at radius 2 is 1.07 bits per heavy atom. The Morgan fingerprint density at radius 1 is 0.587 bits per heavy atom. The number of allylic oxidation sites excluding steroid dienone is 11. The summed E-state index contributed by atoms with van der Waals surface area (Å²) in [6.45, 7) is 6.28. The maximum Gasteiger partial charge on any atom is 0.305 e. The highest BCUT2D eigenvalue weighted by Gasteiger charge is 2.13. The third-order valence-electron chi connectivity index (χ3n) is 7.61. The second-order valence-electron chi connectivity index (χ2n) is 12.1. The zero-order chi connectivity index (χ0) is 33.9. The summed E-state index contributed by atoms with van der Waals surface area (Å²) in [6, 6.07) is 0. The van der Waals surface area contributed by atoms with Crippen molar-refractivity contribution in [3.05, 3.63) is 72.9 Å². The second-order valence-corrected chi connectivity index (χ2v) is 12.1. The van der Waals surface area contributed by atoms with Gasteiger partial charge in [-0.15, -0.1) is 0 Å². The molecule has 0 aromatic rings. The van der Waals surface area contributed by atoms with Crippen molar-refractivity contribution in [1.82, 2.24) is 0 Å². The molecule has 0 saturated carbocycles. The molecule has 6 nitrogen and oxygen atoms in total. The summed E-state index contributed by atoms with van der Waals surface area (Å²) in [5.74, 6) is -0.00300. The number of esters is 2. The predicted molar refractivity (Wildman–Crippen MR) is 192 cm³/mol. The van der Waals surface area contributed by atoms with E-state index < -0.39 is 18.2 Å². The fraction of sp³-hybridized carbons (Fsp3) is 0.650. The molecule has 0 saturated heterocycles. The smallest absolute Gasteiger partial charge is 0.305 e. The second kappa shape index (κ2) is 33.7. The van der Waals surface area contributed by atoms with Gasteiger partial charge in [-0.3, -0.25) is 9.59 Å². The lowest BCUT2D eigenvalue weighted by atomic mass is 9.99. The third kappa shape index (κ3) is 32.7. The van der Waals surface area contributed by atoms with Crippen LogP contribution in [0.15, 0.2) is 72.9 Å².